The first kappa shape index (κ1) is 26.5. The van der Waals surface area contributed by atoms with Crippen molar-refractivity contribution in [3.8, 4) is 11.3 Å². The number of benzene rings is 2. The van der Waals surface area contributed by atoms with Crippen molar-refractivity contribution in [3.63, 3.8) is 0 Å². The molecule has 208 valence electrons. The molecule has 9 heteroatoms. The summed E-state index contributed by atoms with van der Waals surface area (Å²) >= 11 is 0. The largest absolute Gasteiger partial charge is 0.386 e. The standard InChI is InChI=1S/C31H31F3N4O2/c1-17-15-36-37(4)29(17)19-12-25-28(35-16-19)26-23(33)13-20(31(2,3)39)14-24(26)38(25)30(18-8-10-40-11-9-18)21-6-5-7-22(32)27(21)34/h5-7,12-16,18,30,39H,8-11H2,1-4H3. The maximum absolute atomic E-state index is 15.9. The van der Waals surface area contributed by atoms with Gasteiger partial charge in [-0.25, -0.2) is 13.2 Å². The Morgan fingerprint density at radius 3 is 2.45 bits per heavy atom. The molecule has 1 atom stereocenters. The minimum Gasteiger partial charge on any atom is -0.386 e. The minimum atomic E-state index is -1.33. The van der Waals surface area contributed by atoms with E-state index in [2.05, 4.69) is 5.10 Å². The zero-order chi connectivity index (χ0) is 28.3. The summed E-state index contributed by atoms with van der Waals surface area (Å²) in [6.45, 7) is 6.09. The maximum Gasteiger partial charge on any atom is 0.164 e. The molecule has 1 saturated heterocycles. The molecule has 40 heavy (non-hydrogen) atoms. The van der Waals surface area contributed by atoms with Crippen molar-refractivity contribution in [2.24, 2.45) is 13.0 Å². The van der Waals surface area contributed by atoms with Gasteiger partial charge in [-0.2, -0.15) is 5.10 Å². The van der Waals surface area contributed by atoms with Crippen LogP contribution in [0.2, 0.25) is 0 Å². The smallest absolute Gasteiger partial charge is 0.164 e. The SMILES string of the molecule is Cc1cnn(C)c1-c1cnc2c3c(F)cc(C(C)(C)O)cc3n(C(c3cccc(F)c3F)C3CCOCC3)c2c1. The second-order valence-electron chi connectivity index (χ2n) is 11.2. The van der Waals surface area contributed by atoms with Gasteiger partial charge >= 0.3 is 0 Å². The van der Waals surface area contributed by atoms with Crippen LogP contribution in [-0.4, -0.2) is 37.7 Å². The van der Waals surface area contributed by atoms with Gasteiger partial charge in [0.1, 0.15) is 5.82 Å². The second-order valence-corrected chi connectivity index (χ2v) is 11.2. The van der Waals surface area contributed by atoms with Gasteiger partial charge in [-0.3, -0.25) is 9.67 Å². The number of ether oxygens (including phenoxy) is 1. The van der Waals surface area contributed by atoms with Crippen LogP contribution in [0.5, 0.6) is 0 Å². The number of hydrogen-bond acceptors (Lipinski definition) is 4. The highest BCUT2D eigenvalue weighted by Crippen LogP contribution is 2.43. The number of nitrogens with zero attached hydrogens (tertiary/aromatic N) is 4. The molecule has 1 N–H and O–H groups in total. The first-order chi connectivity index (χ1) is 19.1. The van der Waals surface area contributed by atoms with Gasteiger partial charge in [-0.05, 0) is 74.9 Å². The van der Waals surface area contributed by atoms with E-state index < -0.39 is 29.1 Å². The van der Waals surface area contributed by atoms with Crippen LogP contribution in [0.25, 0.3) is 33.2 Å². The summed E-state index contributed by atoms with van der Waals surface area (Å²) in [4.78, 5) is 4.73. The average molecular weight is 549 g/mol. The third-order valence-corrected chi connectivity index (χ3v) is 8.09. The van der Waals surface area contributed by atoms with Gasteiger partial charge in [-0.1, -0.05) is 12.1 Å². The highest BCUT2D eigenvalue weighted by atomic mass is 19.2. The molecule has 0 amide bonds. The summed E-state index contributed by atoms with van der Waals surface area (Å²) in [5.41, 5.74) is 3.23. The molecule has 0 spiro atoms. The van der Waals surface area contributed by atoms with E-state index in [-0.39, 0.29) is 16.9 Å². The van der Waals surface area contributed by atoms with Crippen molar-refractivity contribution in [2.45, 2.75) is 45.3 Å². The van der Waals surface area contributed by atoms with Crippen molar-refractivity contribution >= 4 is 21.9 Å². The molecule has 0 saturated carbocycles. The highest BCUT2D eigenvalue weighted by Gasteiger charge is 2.34. The van der Waals surface area contributed by atoms with Crippen LogP contribution in [0.4, 0.5) is 13.2 Å². The zero-order valence-electron chi connectivity index (χ0n) is 22.9. The molecule has 4 heterocycles. The molecular formula is C31H31F3N4O2. The van der Waals surface area contributed by atoms with Crippen LogP contribution < -0.4 is 0 Å². The third-order valence-electron chi connectivity index (χ3n) is 8.09. The van der Waals surface area contributed by atoms with Crippen molar-refractivity contribution in [3.05, 3.63) is 82.9 Å². The number of pyridine rings is 1. The van der Waals surface area contributed by atoms with Gasteiger partial charge in [0, 0.05) is 37.6 Å². The van der Waals surface area contributed by atoms with Gasteiger partial charge in [0.15, 0.2) is 11.6 Å². The molecule has 0 bridgehead atoms. The summed E-state index contributed by atoms with van der Waals surface area (Å²) < 4.78 is 55.5. The fourth-order valence-electron chi connectivity index (χ4n) is 6.10. The predicted molar refractivity (Wildman–Crippen MR) is 147 cm³/mol. The summed E-state index contributed by atoms with van der Waals surface area (Å²) in [7, 11) is 1.84. The average Bonchev–Trinajstić information content (AvgIpc) is 3.43. The molecule has 5 aromatic rings. The fourth-order valence-corrected chi connectivity index (χ4v) is 6.10. The van der Waals surface area contributed by atoms with E-state index in [1.54, 1.807) is 43.1 Å². The number of aliphatic hydroxyl groups is 1. The number of halogens is 3. The predicted octanol–water partition coefficient (Wildman–Crippen LogP) is 6.56. The van der Waals surface area contributed by atoms with Crippen LogP contribution in [-0.2, 0) is 17.4 Å². The van der Waals surface area contributed by atoms with Crippen LogP contribution in [0.1, 0.15) is 49.4 Å². The Morgan fingerprint density at radius 2 is 1.77 bits per heavy atom. The van der Waals surface area contributed by atoms with Crippen LogP contribution in [0.3, 0.4) is 0 Å². The number of hydrogen-bond donors (Lipinski definition) is 1. The number of fused-ring (bicyclic) bond motifs is 3. The number of aromatic nitrogens is 4. The molecule has 3 aromatic heterocycles. The Kier molecular flexibility index (Phi) is 6.46. The zero-order valence-corrected chi connectivity index (χ0v) is 22.9. The van der Waals surface area contributed by atoms with Crippen molar-refractivity contribution < 1.29 is 23.0 Å². The third kappa shape index (κ3) is 4.28. The molecule has 1 aliphatic rings. The quantitative estimate of drug-likeness (QED) is 0.270. The van der Waals surface area contributed by atoms with Crippen LogP contribution >= 0.6 is 0 Å². The van der Waals surface area contributed by atoms with Crippen molar-refractivity contribution in [2.75, 3.05) is 13.2 Å². The van der Waals surface area contributed by atoms with E-state index in [1.165, 1.54) is 12.1 Å². The number of aryl methyl sites for hydroxylation is 2. The molecule has 1 unspecified atom stereocenters. The highest BCUT2D eigenvalue weighted by molar-refractivity contribution is 6.07. The van der Waals surface area contributed by atoms with Gasteiger partial charge < -0.3 is 14.4 Å². The minimum absolute atomic E-state index is 0.125. The molecule has 0 radical (unpaired) electrons. The molecule has 6 nitrogen and oxygen atoms in total. The van der Waals surface area contributed by atoms with Crippen LogP contribution in [0, 0.1) is 30.3 Å². The van der Waals surface area contributed by atoms with Gasteiger partial charge in [0.25, 0.3) is 0 Å². The number of rotatable bonds is 5. The Labute approximate surface area is 230 Å². The second kappa shape index (κ2) is 9.74. The van der Waals surface area contributed by atoms with Gasteiger partial charge in [0.05, 0.1) is 45.5 Å². The summed E-state index contributed by atoms with van der Waals surface area (Å²) in [6.07, 6.45) is 4.68. The topological polar surface area (TPSA) is 65.1 Å². The Morgan fingerprint density at radius 1 is 1.02 bits per heavy atom. The lowest BCUT2D eigenvalue weighted by Gasteiger charge is -2.33. The first-order valence-electron chi connectivity index (χ1n) is 13.4. The lowest BCUT2D eigenvalue weighted by Crippen LogP contribution is -2.28. The van der Waals surface area contributed by atoms with Crippen molar-refractivity contribution in [1.82, 2.24) is 19.3 Å². The molecular weight excluding hydrogens is 517 g/mol. The summed E-state index contributed by atoms with van der Waals surface area (Å²) in [5, 5.41) is 15.5. The first-order valence-corrected chi connectivity index (χ1v) is 13.4. The fraction of sp³-hybridized carbons (Fsp3) is 0.355. The monoisotopic (exact) mass is 548 g/mol. The van der Waals surface area contributed by atoms with E-state index in [9.17, 15) is 9.50 Å². The molecule has 6 rings (SSSR count). The van der Waals surface area contributed by atoms with E-state index in [1.807, 2.05) is 24.6 Å². The lowest BCUT2D eigenvalue weighted by atomic mass is 9.86. The maximum atomic E-state index is 15.9. The van der Waals surface area contributed by atoms with E-state index in [0.29, 0.717) is 48.2 Å². The molecule has 2 aromatic carbocycles. The lowest BCUT2D eigenvalue weighted by molar-refractivity contribution is 0.0547. The Balaban J connectivity index is 1.75. The normalized spacial score (nSPS) is 15.8. The summed E-state index contributed by atoms with van der Waals surface area (Å²) in [6, 6.07) is 8.48. The Bertz CT molecular complexity index is 1730. The van der Waals surface area contributed by atoms with E-state index >= 15 is 8.78 Å². The Hall–Kier alpha value is -3.69. The molecule has 1 fully saturated rings. The van der Waals surface area contributed by atoms with Gasteiger partial charge in [0.2, 0.25) is 0 Å². The van der Waals surface area contributed by atoms with E-state index in [0.717, 1.165) is 22.9 Å². The van der Waals surface area contributed by atoms with Crippen molar-refractivity contribution in [1.29, 1.82) is 0 Å². The van der Waals surface area contributed by atoms with Gasteiger partial charge in [-0.15, -0.1) is 0 Å². The van der Waals surface area contributed by atoms with E-state index in [4.69, 9.17) is 9.72 Å². The van der Waals surface area contributed by atoms with Crippen LogP contribution in [0.15, 0.2) is 48.8 Å². The molecule has 1 aliphatic heterocycles. The summed E-state index contributed by atoms with van der Waals surface area (Å²) in [5.74, 6) is -2.54. The molecule has 0 aliphatic carbocycles.